The predicted octanol–water partition coefficient (Wildman–Crippen LogP) is 7.77. The molecule has 0 aromatic carbocycles. The van der Waals surface area contributed by atoms with Gasteiger partial charge < -0.3 is 15.0 Å². The largest absolute Gasteiger partial charge is 0.360 e. The summed E-state index contributed by atoms with van der Waals surface area (Å²) in [5.41, 5.74) is 12.1. The summed E-state index contributed by atoms with van der Waals surface area (Å²) in [6.07, 6.45) is 17.6. The topological polar surface area (TPSA) is 59.7 Å². The minimum atomic E-state index is 1.04. The second-order valence-electron chi connectivity index (χ2n) is 9.16. The molecule has 4 heteroatoms. The van der Waals surface area contributed by atoms with Gasteiger partial charge in [0.2, 0.25) is 0 Å². The Labute approximate surface area is 198 Å². The maximum atomic E-state index is 5.06. The first-order chi connectivity index (χ1) is 16.1. The first kappa shape index (κ1) is 23.2. The Balaban J connectivity index is 1.68. The Morgan fingerprint density at radius 1 is 0.727 bits per heavy atom. The van der Waals surface area contributed by atoms with E-state index in [9.17, 15) is 0 Å². The number of allylic oxidation sites excluding steroid dienone is 2. The lowest BCUT2D eigenvalue weighted by Gasteiger charge is -2.03. The molecule has 1 aliphatic rings. The number of nitrogens with zero attached hydrogens (tertiary/aromatic N) is 1. The lowest BCUT2D eigenvalue weighted by molar-refractivity contribution is 0.913. The van der Waals surface area contributed by atoms with Crippen molar-refractivity contribution in [2.24, 2.45) is 4.99 Å². The van der Waals surface area contributed by atoms with Crippen molar-refractivity contribution in [2.45, 2.75) is 79.1 Å². The van der Waals surface area contributed by atoms with E-state index in [2.05, 4.69) is 85.4 Å². The van der Waals surface area contributed by atoms with Crippen molar-refractivity contribution in [3.05, 3.63) is 76.0 Å². The van der Waals surface area contributed by atoms with Crippen LogP contribution < -0.4 is 0 Å². The van der Waals surface area contributed by atoms with Gasteiger partial charge in [0.1, 0.15) is 0 Å². The van der Waals surface area contributed by atoms with Gasteiger partial charge in [0, 0.05) is 18.1 Å². The second-order valence-corrected chi connectivity index (χ2v) is 9.16. The summed E-state index contributed by atoms with van der Waals surface area (Å²) in [5.74, 6) is 0. The van der Waals surface area contributed by atoms with Crippen molar-refractivity contribution in [1.82, 2.24) is 15.0 Å². The van der Waals surface area contributed by atoms with E-state index in [4.69, 9.17) is 4.99 Å². The highest BCUT2D eigenvalue weighted by atomic mass is 14.8. The third-order valence-electron chi connectivity index (χ3n) is 6.26. The average Bonchev–Trinajstić information content (AvgIpc) is 3.58. The number of H-pyrrole nitrogens is 3. The first-order valence-electron chi connectivity index (χ1n) is 12.7. The predicted molar refractivity (Wildman–Crippen MR) is 141 cm³/mol. The van der Waals surface area contributed by atoms with Gasteiger partial charge in [-0.1, -0.05) is 53.4 Å². The van der Waals surface area contributed by atoms with Crippen LogP contribution in [0.4, 0.5) is 0 Å². The number of rotatable bonds is 11. The number of hydrogen-bond donors (Lipinski definition) is 3. The standard InChI is InChI=1S/C29H38N4/c1-5-9-20-13-26(30-18-20)28-15-22(11-7-3)24(32-28)17-25-23(12-8-4)16-29(33-25)27-14-21(10-6-2)19-31-27/h13-19,30-32H,5-12H2,1-4H3/b25-17-. The summed E-state index contributed by atoms with van der Waals surface area (Å²) in [5, 5.41) is 0. The van der Waals surface area contributed by atoms with Gasteiger partial charge in [-0.3, -0.25) is 0 Å². The molecule has 174 valence electrons. The summed E-state index contributed by atoms with van der Waals surface area (Å²) < 4.78 is 0. The van der Waals surface area contributed by atoms with E-state index in [1.807, 2.05) is 0 Å². The third-order valence-corrected chi connectivity index (χ3v) is 6.26. The van der Waals surface area contributed by atoms with E-state index in [1.165, 1.54) is 28.0 Å². The number of aromatic amines is 3. The zero-order valence-corrected chi connectivity index (χ0v) is 20.6. The van der Waals surface area contributed by atoms with Crippen LogP contribution in [0.3, 0.4) is 0 Å². The number of aromatic nitrogens is 3. The summed E-state index contributed by atoms with van der Waals surface area (Å²) in [6.45, 7) is 8.92. The molecule has 0 bridgehead atoms. The molecule has 3 N–H and O–H groups in total. The fourth-order valence-corrected chi connectivity index (χ4v) is 4.65. The first-order valence-corrected chi connectivity index (χ1v) is 12.7. The molecule has 1 aliphatic heterocycles. The van der Waals surface area contributed by atoms with Crippen LogP contribution in [0.15, 0.2) is 52.9 Å². The SMILES string of the molecule is CCCC1=CC(c2cc(CCC)c[nH]2)=N/C1=C\c1[nH]c(-c2cc(CCC)c[nH]2)cc1CCC. The van der Waals surface area contributed by atoms with Gasteiger partial charge in [-0.05, 0) is 78.3 Å². The highest BCUT2D eigenvalue weighted by molar-refractivity contribution is 6.11. The fraction of sp³-hybridized carbons (Fsp3) is 0.414. The Bertz CT molecular complexity index is 1160. The van der Waals surface area contributed by atoms with Gasteiger partial charge in [-0.25, -0.2) is 4.99 Å². The van der Waals surface area contributed by atoms with E-state index in [1.54, 1.807) is 0 Å². The summed E-state index contributed by atoms with van der Waals surface area (Å²) >= 11 is 0. The number of hydrogen-bond acceptors (Lipinski definition) is 1. The minimum Gasteiger partial charge on any atom is -0.360 e. The van der Waals surface area contributed by atoms with Crippen molar-refractivity contribution < 1.29 is 0 Å². The van der Waals surface area contributed by atoms with E-state index in [0.29, 0.717) is 0 Å². The molecule has 0 saturated carbocycles. The second kappa shape index (κ2) is 10.7. The smallest absolute Gasteiger partial charge is 0.0875 e. The van der Waals surface area contributed by atoms with Crippen LogP contribution >= 0.6 is 0 Å². The molecule has 0 atom stereocenters. The quantitative estimate of drug-likeness (QED) is 0.272. The van der Waals surface area contributed by atoms with E-state index < -0.39 is 0 Å². The normalized spacial score (nSPS) is 14.8. The van der Waals surface area contributed by atoms with Crippen LogP contribution in [0, 0.1) is 0 Å². The monoisotopic (exact) mass is 442 g/mol. The highest BCUT2D eigenvalue weighted by Crippen LogP contribution is 2.30. The van der Waals surface area contributed by atoms with Crippen LogP contribution in [-0.4, -0.2) is 20.7 Å². The molecule has 4 heterocycles. The van der Waals surface area contributed by atoms with Crippen LogP contribution in [0.1, 0.15) is 87.9 Å². The molecule has 4 nitrogen and oxygen atoms in total. The molecule has 3 aromatic heterocycles. The van der Waals surface area contributed by atoms with E-state index >= 15 is 0 Å². The molecule has 0 radical (unpaired) electrons. The lowest BCUT2D eigenvalue weighted by Crippen LogP contribution is -1.93. The van der Waals surface area contributed by atoms with Gasteiger partial charge in [0.15, 0.2) is 0 Å². The fourth-order valence-electron chi connectivity index (χ4n) is 4.65. The molecule has 33 heavy (non-hydrogen) atoms. The van der Waals surface area contributed by atoms with Gasteiger partial charge in [0.05, 0.1) is 28.5 Å². The zero-order valence-electron chi connectivity index (χ0n) is 20.6. The Morgan fingerprint density at radius 2 is 1.36 bits per heavy atom. The van der Waals surface area contributed by atoms with Crippen molar-refractivity contribution in [1.29, 1.82) is 0 Å². The van der Waals surface area contributed by atoms with Crippen LogP contribution in [0.2, 0.25) is 0 Å². The molecule has 0 unspecified atom stereocenters. The van der Waals surface area contributed by atoms with Crippen LogP contribution in [0.5, 0.6) is 0 Å². The van der Waals surface area contributed by atoms with Crippen molar-refractivity contribution in [3.63, 3.8) is 0 Å². The minimum absolute atomic E-state index is 1.04. The summed E-state index contributed by atoms with van der Waals surface area (Å²) in [7, 11) is 0. The molecule has 0 saturated heterocycles. The van der Waals surface area contributed by atoms with Crippen molar-refractivity contribution in [2.75, 3.05) is 0 Å². The lowest BCUT2D eigenvalue weighted by atomic mass is 10.0. The van der Waals surface area contributed by atoms with Crippen molar-refractivity contribution in [3.8, 4) is 11.4 Å². The van der Waals surface area contributed by atoms with Gasteiger partial charge >= 0.3 is 0 Å². The molecule has 0 amide bonds. The molecule has 4 rings (SSSR count). The van der Waals surface area contributed by atoms with Crippen LogP contribution in [-0.2, 0) is 19.3 Å². The van der Waals surface area contributed by atoms with Gasteiger partial charge in [-0.15, -0.1) is 0 Å². The van der Waals surface area contributed by atoms with Crippen LogP contribution in [0.25, 0.3) is 17.5 Å². The zero-order chi connectivity index (χ0) is 23.2. The molecule has 0 spiro atoms. The molecule has 0 fully saturated rings. The molecular formula is C29H38N4. The number of nitrogens with one attached hydrogen (secondary N) is 3. The Kier molecular flexibility index (Phi) is 7.54. The molecule has 3 aromatic rings. The Morgan fingerprint density at radius 3 is 2.03 bits per heavy atom. The van der Waals surface area contributed by atoms with E-state index in [-0.39, 0.29) is 0 Å². The molecule has 0 aliphatic carbocycles. The maximum absolute atomic E-state index is 5.06. The van der Waals surface area contributed by atoms with Gasteiger partial charge in [0.25, 0.3) is 0 Å². The Hall–Kier alpha value is -3.01. The summed E-state index contributed by atoms with van der Waals surface area (Å²) in [6, 6.07) is 6.83. The van der Waals surface area contributed by atoms with Gasteiger partial charge in [-0.2, -0.15) is 0 Å². The number of aliphatic imine (C=N–C) groups is 1. The van der Waals surface area contributed by atoms with E-state index in [0.717, 1.165) is 79.9 Å². The van der Waals surface area contributed by atoms with Crippen molar-refractivity contribution >= 4 is 11.8 Å². The molecular weight excluding hydrogens is 404 g/mol. The third kappa shape index (κ3) is 5.32. The average molecular weight is 443 g/mol. The number of aryl methyl sites for hydroxylation is 3. The highest BCUT2D eigenvalue weighted by Gasteiger charge is 2.18. The summed E-state index contributed by atoms with van der Waals surface area (Å²) in [4.78, 5) is 15.6. The maximum Gasteiger partial charge on any atom is 0.0875 e.